The highest BCUT2D eigenvalue weighted by Crippen LogP contribution is 2.25. The Bertz CT molecular complexity index is 1280. The standard InChI is InChI=1S/C33H48N4O7/c1-22(2)7-10-31(39)37-11-5-6-26(28(38)21-37)34-32(40)27(18-23(3)4)35-33(41)30-20-24-19-25(8-9-29(24)44-30)43-17-14-36-12-15-42-16-13-36/h8-9,19-20,22-23,26-27H,5-7,10-18,21H2,1-4H3,(H,34,40)(H,35,41)/t26?,27-/m1/s1. The van der Waals surface area contributed by atoms with Crippen LogP contribution in [0.25, 0.3) is 11.0 Å². The molecule has 0 bridgehead atoms. The van der Waals surface area contributed by atoms with E-state index in [1.165, 1.54) is 0 Å². The maximum atomic E-state index is 13.4. The Morgan fingerprint density at radius 1 is 1.05 bits per heavy atom. The third-order valence-corrected chi connectivity index (χ3v) is 8.08. The molecule has 1 unspecified atom stereocenters. The van der Waals surface area contributed by atoms with Gasteiger partial charge < -0.3 is 29.4 Å². The minimum absolute atomic E-state index is 0.0129. The average molecular weight is 613 g/mol. The van der Waals surface area contributed by atoms with Gasteiger partial charge in [-0.25, -0.2) is 0 Å². The van der Waals surface area contributed by atoms with E-state index in [2.05, 4.69) is 29.4 Å². The summed E-state index contributed by atoms with van der Waals surface area (Å²) in [6.45, 7) is 13.2. The third-order valence-electron chi connectivity index (χ3n) is 8.08. The molecule has 2 atom stereocenters. The van der Waals surface area contributed by atoms with Gasteiger partial charge in [0.05, 0.1) is 25.8 Å². The Labute approximate surface area is 260 Å². The topological polar surface area (TPSA) is 130 Å². The Kier molecular flexibility index (Phi) is 12.2. The van der Waals surface area contributed by atoms with Crippen molar-refractivity contribution in [3.05, 3.63) is 30.0 Å². The van der Waals surface area contributed by atoms with E-state index in [1.807, 2.05) is 26.0 Å². The van der Waals surface area contributed by atoms with Crippen LogP contribution in [0.2, 0.25) is 0 Å². The molecule has 3 heterocycles. The van der Waals surface area contributed by atoms with Crippen molar-refractivity contribution >= 4 is 34.5 Å². The van der Waals surface area contributed by atoms with Gasteiger partial charge in [0.2, 0.25) is 11.8 Å². The van der Waals surface area contributed by atoms with Crippen molar-refractivity contribution < 1.29 is 33.1 Å². The van der Waals surface area contributed by atoms with Gasteiger partial charge in [0.25, 0.3) is 5.91 Å². The summed E-state index contributed by atoms with van der Waals surface area (Å²) in [5.74, 6) is 0.145. The van der Waals surface area contributed by atoms with E-state index in [9.17, 15) is 19.2 Å². The van der Waals surface area contributed by atoms with Crippen LogP contribution in [-0.4, -0.2) is 97.9 Å². The number of rotatable bonds is 13. The molecule has 11 heteroatoms. The lowest BCUT2D eigenvalue weighted by molar-refractivity contribution is -0.135. The van der Waals surface area contributed by atoms with E-state index >= 15 is 0 Å². The molecule has 0 spiro atoms. The molecule has 1 aromatic heterocycles. The summed E-state index contributed by atoms with van der Waals surface area (Å²) in [6, 6.07) is 5.50. The van der Waals surface area contributed by atoms with Crippen LogP contribution in [0.15, 0.2) is 28.7 Å². The molecule has 0 aliphatic carbocycles. The molecule has 1 aromatic carbocycles. The average Bonchev–Trinajstić information content (AvgIpc) is 3.33. The van der Waals surface area contributed by atoms with Crippen LogP contribution in [0.4, 0.5) is 0 Å². The number of ketones is 1. The zero-order valence-corrected chi connectivity index (χ0v) is 26.6. The molecule has 2 aromatic rings. The van der Waals surface area contributed by atoms with E-state index in [4.69, 9.17) is 13.9 Å². The van der Waals surface area contributed by atoms with E-state index in [0.717, 1.165) is 44.7 Å². The molecule has 4 rings (SSSR count). The lowest BCUT2D eigenvalue weighted by Crippen LogP contribution is -2.52. The predicted octanol–water partition coefficient (Wildman–Crippen LogP) is 3.40. The molecule has 44 heavy (non-hydrogen) atoms. The van der Waals surface area contributed by atoms with Crippen LogP contribution in [0.5, 0.6) is 5.75 Å². The van der Waals surface area contributed by atoms with Gasteiger partial charge in [-0.2, -0.15) is 0 Å². The Morgan fingerprint density at radius 2 is 1.82 bits per heavy atom. The number of likely N-dealkylation sites (tertiary alicyclic amines) is 1. The number of benzene rings is 1. The monoisotopic (exact) mass is 612 g/mol. The summed E-state index contributed by atoms with van der Waals surface area (Å²) in [5, 5.41) is 6.40. The fourth-order valence-electron chi connectivity index (χ4n) is 5.51. The van der Waals surface area contributed by atoms with Crippen LogP contribution in [0.3, 0.4) is 0 Å². The molecule has 11 nitrogen and oxygen atoms in total. The number of amides is 3. The number of morpholine rings is 1. The number of nitrogens with one attached hydrogen (secondary N) is 2. The summed E-state index contributed by atoms with van der Waals surface area (Å²) in [5.41, 5.74) is 0.539. The summed E-state index contributed by atoms with van der Waals surface area (Å²) in [4.78, 5) is 56.2. The normalized spacial score (nSPS) is 18.8. The number of hydrogen-bond acceptors (Lipinski definition) is 8. The van der Waals surface area contributed by atoms with Crippen molar-refractivity contribution in [2.75, 3.05) is 52.5 Å². The maximum absolute atomic E-state index is 13.4. The lowest BCUT2D eigenvalue weighted by Gasteiger charge is -2.26. The molecule has 0 saturated carbocycles. The Morgan fingerprint density at radius 3 is 2.55 bits per heavy atom. The van der Waals surface area contributed by atoms with Crippen LogP contribution >= 0.6 is 0 Å². The number of fused-ring (bicyclic) bond motifs is 1. The molecule has 3 amide bonds. The van der Waals surface area contributed by atoms with Crippen molar-refractivity contribution in [2.24, 2.45) is 11.8 Å². The molecule has 2 saturated heterocycles. The molecule has 2 aliphatic rings. The number of furan rings is 1. The number of nitrogens with zero attached hydrogens (tertiary/aromatic N) is 2. The van der Waals surface area contributed by atoms with Crippen LogP contribution in [0.1, 0.15) is 70.4 Å². The second-order valence-corrected chi connectivity index (χ2v) is 12.7. The predicted molar refractivity (Wildman–Crippen MR) is 167 cm³/mol. The van der Waals surface area contributed by atoms with E-state index < -0.39 is 23.9 Å². The quantitative estimate of drug-likeness (QED) is 0.352. The molecule has 0 radical (unpaired) electrons. The molecule has 2 N–H and O–H groups in total. The van der Waals surface area contributed by atoms with Gasteiger partial charge in [-0.05, 0) is 61.8 Å². The minimum Gasteiger partial charge on any atom is -0.492 e. The van der Waals surface area contributed by atoms with Gasteiger partial charge in [-0.15, -0.1) is 0 Å². The smallest absolute Gasteiger partial charge is 0.287 e. The van der Waals surface area contributed by atoms with Gasteiger partial charge in [0, 0.05) is 38.0 Å². The second-order valence-electron chi connectivity index (χ2n) is 12.7. The SMILES string of the molecule is CC(C)CCC(=O)N1CCCC(NC(=O)[C@@H](CC(C)C)NC(=O)c2cc3cc(OCCN4CCOCC4)ccc3o2)C(=O)C1. The van der Waals surface area contributed by atoms with E-state index in [1.54, 1.807) is 17.0 Å². The van der Waals surface area contributed by atoms with Crippen molar-refractivity contribution in [1.29, 1.82) is 0 Å². The summed E-state index contributed by atoms with van der Waals surface area (Å²) in [7, 11) is 0. The Hall–Kier alpha value is -3.44. The van der Waals surface area contributed by atoms with Crippen molar-refractivity contribution in [1.82, 2.24) is 20.4 Å². The first-order valence-corrected chi connectivity index (χ1v) is 16.0. The Balaban J connectivity index is 1.34. The molecular formula is C33H48N4O7. The number of ether oxygens (including phenoxy) is 2. The molecule has 242 valence electrons. The van der Waals surface area contributed by atoms with Gasteiger partial charge in [-0.1, -0.05) is 27.7 Å². The maximum Gasteiger partial charge on any atom is 0.287 e. The first-order chi connectivity index (χ1) is 21.1. The highest BCUT2D eigenvalue weighted by molar-refractivity contribution is 6.00. The van der Waals surface area contributed by atoms with Gasteiger partial charge in [0.1, 0.15) is 24.0 Å². The number of carbonyl (C=O) groups excluding carboxylic acids is 4. The summed E-state index contributed by atoms with van der Waals surface area (Å²) < 4.78 is 17.1. The summed E-state index contributed by atoms with van der Waals surface area (Å²) in [6.07, 6.45) is 2.63. The fraction of sp³-hybridized carbons (Fsp3) is 0.636. The number of carbonyl (C=O) groups is 4. The fourth-order valence-corrected chi connectivity index (χ4v) is 5.51. The largest absolute Gasteiger partial charge is 0.492 e. The van der Waals surface area contributed by atoms with E-state index in [-0.39, 0.29) is 29.9 Å². The zero-order chi connectivity index (χ0) is 31.6. The van der Waals surface area contributed by atoms with Crippen LogP contribution in [-0.2, 0) is 19.1 Å². The van der Waals surface area contributed by atoms with Crippen molar-refractivity contribution in [2.45, 2.75) is 71.9 Å². The van der Waals surface area contributed by atoms with E-state index in [0.29, 0.717) is 56.1 Å². The lowest BCUT2D eigenvalue weighted by atomic mass is 10.0. The van der Waals surface area contributed by atoms with Crippen molar-refractivity contribution in [3.8, 4) is 5.75 Å². The first kappa shape index (κ1) is 33.5. The minimum atomic E-state index is -0.852. The summed E-state index contributed by atoms with van der Waals surface area (Å²) >= 11 is 0. The number of hydrogen-bond donors (Lipinski definition) is 2. The molecule has 2 aliphatic heterocycles. The zero-order valence-electron chi connectivity index (χ0n) is 26.6. The highest BCUT2D eigenvalue weighted by Gasteiger charge is 2.31. The van der Waals surface area contributed by atoms with Gasteiger partial charge in [-0.3, -0.25) is 24.1 Å². The van der Waals surface area contributed by atoms with Gasteiger partial charge in [0.15, 0.2) is 11.5 Å². The van der Waals surface area contributed by atoms with Crippen molar-refractivity contribution in [3.63, 3.8) is 0 Å². The van der Waals surface area contributed by atoms with Crippen LogP contribution in [0, 0.1) is 11.8 Å². The highest BCUT2D eigenvalue weighted by atomic mass is 16.5. The van der Waals surface area contributed by atoms with Gasteiger partial charge >= 0.3 is 0 Å². The molecule has 2 fully saturated rings. The van der Waals surface area contributed by atoms with Crippen LogP contribution < -0.4 is 15.4 Å². The molecular weight excluding hydrogens is 564 g/mol. The number of Topliss-reactive ketones (excluding diaryl/α,β-unsaturated/α-hetero) is 1. The first-order valence-electron chi connectivity index (χ1n) is 16.0. The second kappa shape index (κ2) is 16.0. The third kappa shape index (κ3) is 9.79.